The van der Waals surface area contributed by atoms with E-state index in [1.807, 2.05) is 71.0 Å². The van der Waals surface area contributed by atoms with Gasteiger partial charge in [-0.15, -0.1) is 0 Å². The Bertz CT molecular complexity index is 983. The Morgan fingerprint density at radius 1 is 0.593 bits per heavy atom. The number of phenols is 2. The first kappa shape index (κ1) is 18.7. The van der Waals surface area contributed by atoms with Crippen LogP contribution >= 0.6 is 0 Å². The number of phenolic OH excluding ortho intramolecular Hbond substituents is 2. The van der Waals surface area contributed by atoms with Gasteiger partial charge in [0.05, 0.1) is 0 Å². The molecule has 0 aromatic heterocycles. The molecule has 0 unspecified atom stereocenters. The molecule has 3 heteroatoms. The molecule has 0 heterocycles. The van der Waals surface area contributed by atoms with Crippen LogP contribution in [0.1, 0.15) is 38.2 Å². The summed E-state index contributed by atoms with van der Waals surface area (Å²) in [6.45, 7) is 9.56. The predicted octanol–water partition coefficient (Wildman–Crippen LogP) is 5.79. The van der Waals surface area contributed by atoms with Crippen LogP contribution in [-0.4, -0.2) is 16.5 Å². The van der Waals surface area contributed by atoms with Crippen LogP contribution < -0.4 is 0 Å². The van der Waals surface area contributed by atoms with Crippen LogP contribution in [-0.2, 0) is 0 Å². The van der Waals surface area contributed by atoms with Crippen molar-refractivity contribution in [3.05, 3.63) is 69.8 Å². The van der Waals surface area contributed by atoms with E-state index in [-0.39, 0.29) is 11.5 Å². The molecule has 0 amide bonds. The standard InChI is InChI=1S/C24H24O3/c1-13-6-16(4)23(26)20(10-13)18-8-15(3)9-19(22(18)12-25)21-11-14(2)7-17(5)24(21)27/h6-12,26-27H,1-5H3. The first-order valence-electron chi connectivity index (χ1n) is 8.94. The Kier molecular flexibility index (Phi) is 4.79. The first-order valence-corrected chi connectivity index (χ1v) is 8.94. The monoisotopic (exact) mass is 360 g/mol. The second-order valence-corrected chi connectivity index (χ2v) is 7.35. The quantitative estimate of drug-likeness (QED) is 0.582. The van der Waals surface area contributed by atoms with Crippen molar-refractivity contribution in [2.24, 2.45) is 0 Å². The van der Waals surface area contributed by atoms with E-state index in [2.05, 4.69) is 0 Å². The van der Waals surface area contributed by atoms with Crippen molar-refractivity contribution in [3.8, 4) is 33.8 Å². The minimum Gasteiger partial charge on any atom is -0.507 e. The fraction of sp³-hybridized carbons (Fsp3) is 0.208. The second kappa shape index (κ2) is 6.92. The lowest BCUT2D eigenvalue weighted by molar-refractivity contribution is 0.112. The van der Waals surface area contributed by atoms with Crippen LogP contribution in [0.3, 0.4) is 0 Å². The summed E-state index contributed by atoms with van der Waals surface area (Å²) in [6.07, 6.45) is 0.804. The number of rotatable bonds is 3. The molecule has 0 atom stereocenters. The summed E-state index contributed by atoms with van der Waals surface area (Å²) >= 11 is 0. The average molecular weight is 360 g/mol. The molecule has 3 rings (SSSR count). The number of benzene rings is 3. The van der Waals surface area contributed by atoms with Crippen molar-refractivity contribution in [1.82, 2.24) is 0 Å². The van der Waals surface area contributed by atoms with E-state index >= 15 is 0 Å². The number of carbonyl (C=O) groups excluding carboxylic acids is 1. The Labute approximate surface area is 159 Å². The van der Waals surface area contributed by atoms with E-state index in [9.17, 15) is 15.0 Å². The van der Waals surface area contributed by atoms with Gasteiger partial charge >= 0.3 is 0 Å². The zero-order chi connectivity index (χ0) is 19.9. The SMILES string of the molecule is Cc1cc(C)c(O)c(-c2cc(C)cc(-c3cc(C)cc(C)c3O)c2C=O)c1. The Hall–Kier alpha value is -3.07. The van der Waals surface area contributed by atoms with Crippen LogP contribution in [0.4, 0.5) is 0 Å². The van der Waals surface area contributed by atoms with Gasteiger partial charge in [0.1, 0.15) is 11.5 Å². The van der Waals surface area contributed by atoms with Gasteiger partial charge in [0, 0.05) is 16.7 Å². The van der Waals surface area contributed by atoms with Gasteiger partial charge < -0.3 is 10.2 Å². The van der Waals surface area contributed by atoms with Crippen molar-refractivity contribution in [3.63, 3.8) is 0 Å². The number of aryl methyl sites for hydroxylation is 5. The zero-order valence-corrected chi connectivity index (χ0v) is 16.3. The molecule has 3 nitrogen and oxygen atoms in total. The maximum atomic E-state index is 12.1. The molecule has 2 N–H and O–H groups in total. The average Bonchev–Trinajstić information content (AvgIpc) is 2.60. The largest absolute Gasteiger partial charge is 0.507 e. The summed E-state index contributed by atoms with van der Waals surface area (Å²) in [7, 11) is 0. The fourth-order valence-corrected chi connectivity index (χ4v) is 3.70. The number of hydrogen-bond donors (Lipinski definition) is 2. The molecule has 0 fully saturated rings. The van der Waals surface area contributed by atoms with E-state index in [0.29, 0.717) is 27.8 Å². The lowest BCUT2D eigenvalue weighted by Crippen LogP contribution is -1.97. The molecule has 0 bridgehead atoms. The summed E-state index contributed by atoms with van der Waals surface area (Å²) in [6, 6.07) is 11.4. The highest BCUT2D eigenvalue weighted by molar-refractivity contribution is 5.99. The Morgan fingerprint density at radius 2 is 0.926 bits per heavy atom. The van der Waals surface area contributed by atoms with E-state index in [4.69, 9.17) is 0 Å². The van der Waals surface area contributed by atoms with E-state index in [0.717, 1.165) is 34.1 Å². The van der Waals surface area contributed by atoms with E-state index in [1.165, 1.54) is 0 Å². The Morgan fingerprint density at radius 3 is 1.30 bits per heavy atom. The summed E-state index contributed by atoms with van der Waals surface area (Å²) in [4.78, 5) is 12.1. The molecule has 0 spiro atoms. The second-order valence-electron chi connectivity index (χ2n) is 7.35. The van der Waals surface area contributed by atoms with Crippen LogP contribution in [0.2, 0.25) is 0 Å². The molecular weight excluding hydrogens is 336 g/mol. The summed E-state index contributed by atoms with van der Waals surface area (Å²) in [5.74, 6) is 0.342. The highest BCUT2D eigenvalue weighted by Gasteiger charge is 2.19. The molecule has 27 heavy (non-hydrogen) atoms. The number of aldehydes is 1. The normalized spacial score (nSPS) is 10.9. The molecular formula is C24H24O3. The van der Waals surface area contributed by atoms with Crippen LogP contribution in [0.15, 0.2) is 36.4 Å². The third kappa shape index (κ3) is 3.33. The van der Waals surface area contributed by atoms with Crippen molar-refractivity contribution < 1.29 is 15.0 Å². The number of carbonyl (C=O) groups is 1. The smallest absolute Gasteiger partial charge is 0.151 e. The molecule has 0 aliphatic carbocycles. The molecule has 3 aromatic rings. The Balaban J connectivity index is 2.40. The maximum Gasteiger partial charge on any atom is 0.151 e. The van der Waals surface area contributed by atoms with Gasteiger partial charge in [0.2, 0.25) is 0 Å². The van der Waals surface area contributed by atoms with Gasteiger partial charge in [0.15, 0.2) is 6.29 Å². The summed E-state index contributed by atoms with van der Waals surface area (Å²) in [5.41, 5.74) is 7.55. The molecule has 138 valence electrons. The molecule has 0 aliphatic rings. The van der Waals surface area contributed by atoms with E-state index < -0.39 is 0 Å². The molecule has 0 aliphatic heterocycles. The van der Waals surface area contributed by atoms with Gasteiger partial charge in [-0.25, -0.2) is 0 Å². The maximum absolute atomic E-state index is 12.1. The van der Waals surface area contributed by atoms with E-state index in [1.54, 1.807) is 0 Å². The summed E-state index contributed by atoms with van der Waals surface area (Å²) < 4.78 is 0. The zero-order valence-electron chi connectivity index (χ0n) is 16.3. The van der Waals surface area contributed by atoms with Gasteiger partial charge in [-0.1, -0.05) is 24.3 Å². The van der Waals surface area contributed by atoms with Crippen molar-refractivity contribution in [1.29, 1.82) is 0 Å². The van der Waals surface area contributed by atoms with Gasteiger partial charge in [-0.3, -0.25) is 4.79 Å². The van der Waals surface area contributed by atoms with Crippen LogP contribution in [0.5, 0.6) is 11.5 Å². The number of hydrogen-bond acceptors (Lipinski definition) is 3. The van der Waals surface area contributed by atoms with Crippen molar-refractivity contribution in [2.75, 3.05) is 0 Å². The van der Waals surface area contributed by atoms with Gasteiger partial charge in [0.25, 0.3) is 0 Å². The topological polar surface area (TPSA) is 57.5 Å². The third-order valence-corrected chi connectivity index (χ3v) is 4.91. The third-order valence-electron chi connectivity index (χ3n) is 4.91. The highest BCUT2D eigenvalue weighted by Crippen LogP contribution is 2.41. The highest BCUT2D eigenvalue weighted by atomic mass is 16.3. The minimum absolute atomic E-state index is 0.171. The minimum atomic E-state index is 0.171. The van der Waals surface area contributed by atoms with Gasteiger partial charge in [-0.05, 0) is 85.7 Å². The predicted molar refractivity (Wildman–Crippen MR) is 110 cm³/mol. The van der Waals surface area contributed by atoms with Crippen molar-refractivity contribution >= 4 is 6.29 Å². The molecule has 0 saturated heterocycles. The molecule has 0 saturated carbocycles. The fourth-order valence-electron chi connectivity index (χ4n) is 3.70. The van der Waals surface area contributed by atoms with Crippen LogP contribution in [0, 0.1) is 34.6 Å². The van der Waals surface area contributed by atoms with Crippen LogP contribution in [0.25, 0.3) is 22.3 Å². The molecule has 3 aromatic carbocycles. The molecule has 0 radical (unpaired) electrons. The van der Waals surface area contributed by atoms with Crippen molar-refractivity contribution in [2.45, 2.75) is 34.6 Å². The number of aromatic hydroxyl groups is 2. The lowest BCUT2D eigenvalue weighted by atomic mass is 9.87. The summed E-state index contributed by atoms with van der Waals surface area (Å²) in [5, 5.41) is 21.3. The first-order chi connectivity index (χ1) is 12.7. The van der Waals surface area contributed by atoms with Gasteiger partial charge in [-0.2, -0.15) is 0 Å². The lowest BCUT2D eigenvalue weighted by Gasteiger charge is -2.17.